The molecule has 46 heavy (non-hydrogen) atoms. The van der Waals surface area contributed by atoms with Crippen molar-refractivity contribution in [1.29, 1.82) is 5.26 Å². The van der Waals surface area contributed by atoms with Crippen molar-refractivity contribution in [3.63, 3.8) is 0 Å². The van der Waals surface area contributed by atoms with E-state index in [0.29, 0.717) is 38.2 Å². The van der Waals surface area contributed by atoms with Gasteiger partial charge in [0.05, 0.1) is 32.8 Å². The number of benzene rings is 4. The fraction of sp³-hybridized carbons (Fsp3) is 0.270. The summed E-state index contributed by atoms with van der Waals surface area (Å²) in [5.41, 5.74) is -2.23. The van der Waals surface area contributed by atoms with Gasteiger partial charge in [-0.05, 0) is 90.7 Å². The molecule has 0 spiro atoms. The van der Waals surface area contributed by atoms with Crippen molar-refractivity contribution in [2.75, 3.05) is 20.8 Å². The van der Waals surface area contributed by atoms with Crippen molar-refractivity contribution >= 4 is 35.0 Å². The lowest BCUT2D eigenvalue weighted by molar-refractivity contribution is -0.164. The van der Waals surface area contributed by atoms with E-state index >= 15 is 0 Å². The molecule has 1 aliphatic carbocycles. The van der Waals surface area contributed by atoms with E-state index in [-0.39, 0.29) is 18.6 Å². The van der Waals surface area contributed by atoms with Crippen molar-refractivity contribution in [2.45, 2.75) is 30.8 Å². The Balaban J connectivity index is 1.92. The smallest absolute Gasteiger partial charge is 0.327 e. The van der Waals surface area contributed by atoms with Gasteiger partial charge in [-0.1, -0.05) is 59.6 Å². The molecule has 0 unspecified atom stereocenters. The molecule has 5 atom stereocenters. The van der Waals surface area contributed by atoms with Crippen LogP contribution in [-0.2, 0) is 15.1 Å². The number of esters is 1. The molecule has 0 radical (unpaired) electrons. The number of hydrogen-bond donors (Lipinski definition) is 1. The summed E-state index contributed by atoms with van der Waals surface area (Å²) in [6, 6.07) is 29.2. The first kappa shape index (κ1) is 33.0. The van der Waals surface area contributed by atoms with Gasteiger partial charge in [-0.3, -0.25) is 9.59 Å². The molecule has 1 saturated carbocycles. The fourth-order valence-electron chi connectivity index (χ4n) is 6.79. The van der Waals surface area contributed by atoms with E-state index in [4.69, 9.17) is 37.4 Å². The van der Waals surface area contributed by atoms with Crippen LogP contribution >= 0.6 is 23.2 Å². The summed E-state index contributed by atoms with van der Waals surface area (Å²) < 4.78 is 16.7. The highest BCUT2D eigenvalue weighted by atomic mass is 35.5. The molecule has 0 aliphatic heterocycles. The van der Waals surface area contributed by atoms with Gasteiger partial charge in [0.2, 0.25) is 0 Å². The van der Waals surface area contributed by atoms with Crippen molar-refractivity contribution in [1.82, 2.24) is 0 Å². The standard InChI is InChI=1S/C37H33Cl2NO6/c1-4-46-35(42)36(22-40)31(24-7-5-9-29(19-24)44-2)21-37(43,26-13-17-28(39)18-14-26)33(34(41)23-11-15-27(38)16-12-23)32(36)25-8-6-10-30(20-25)45-3/h5-20,31-33,43H,4,21H2,1-3H3/t31-,32-,33-,36+,37-/m0/s1. The highest BCUT2D eigenvalue weighted by Gasteiger charge is 2.67. The largest absolute Gasteiger partial charge is 0.497 e. The maximum Gasteiger partial charge on any atom is 0.327 e. The van der Waals surface area contributed by atoms with Crippen molar-refractivity contribution < 1.29 is 28.9 Å². The second-order valence-electron chi connectivity index (χ2n) is 11.3. The van der Waals surface area contributed by atoms with Crippen LogP contribution in [-0.4, -0.2) is 37.7 Å². The van der Waals surface area contributed by atoms with Gasteiger partial charge in [0.25, 0.3) is 0 Å². The number of aliphatic hydroxyl groups is 1. The molecule has 0 bridgehead atoms. The lowest BCUT2D eigenvalue weighted by atomic mass is 9.47. The van der Waals surface area contributed by atoms with Crippen molar-refractivity contribution in [2.24, 2.45) is 11.3 Å². The minimum absolute atomic E-state index is 0.00479. The first-order valence-electron chi connectivity index (χ1n) is 14.8. The number of halogens is 2. The average Bonchev–Trinajstić information content (AvgIpc) is 3.08. The van der Waals surface area contributed by atoms with Gasteiger partial charge in [0.1, 0.15) is 17.1 Å². The van der Waals surface area contributed by atoms with Crippen LogP contribution in [0.3, 0.4) is 0 Å². The summed E-state index contributed by atoms with van der Waals surface area (Å²) >= 11 is 12.5. The van der Waals surface area contributed by atoms with Crippen LogP contribution in [0.5, 0.6) is 11.5 Å². The molecule has 0 heterocycles. The Bertz CT molecular complexity index is 1770. The van der Waals surface area contributed by atoms with Crippen LogP contribution in [0.15, 0.2) is 97.1 Å². The summed E-state index contributed by atoms with van der Waals surface area (Å²) in [5, 5.41) is 25.3. The highest BCUT2D eigenvalue weighted by molar-refractivity contribution is 6.31. The quantitative estimate of drug-likeness (QED) is 0.145. The minimum atomic E-state index is -1.99. The molecule has 5 rings (SSSR count). The molecule has 0 aromatic heterocycles. The topological polar surface area (TPSA) is 106 Å². The average molecular weight is 659 g/mol. The third-order valence-corrected chi connectivity index (χ3v) is 9.41. The van der Waals surface area contributed by atoms with E-state index in [2.05, 4.69) is 6.07 Å². The van der Waals surface area contributed by atoms with E-state index < -0.39 is 40.5 Å². The van der Waals surface area contributed by atoms with Crippen molar-refractivity contribution in [3.05, 3.63) is 129 Å². The van der Waals surface area contributed by atoms with Crippen LogP contribution in [0.1, 0.15) is 52.2 Å². The maximum atomic E-state index is 14.9. The van der Waals surface area contributed by atoms with E-state index in [9.17, 15) is 20.0 Å². The summed E-state index contributed by atoms with van der Waals surface area (Å²) in [4.78, 5) is 29.3. The molecule has 236 valence electrons. The zero-order chi connectivity index (χ0) is 33.1. The van der Waals surface area contributed by atoms with Crippen LogP contribution < -0.4 is 9.47 Å². The Labute approximate surface area is 278 Å². The van der Waals surface area contributed by atoms with E-state index in [1.165, 1.54) is 14.2 Å². The molecule has 9 heteroatoms. The minimum Gasteiger partial charge on any atom is -0.497 e. The summed E-state index contributed by atoms with van der Waals surface area (Å²) in [7, 11) is 3.02. The Morgan fingerprint density at radius 1 is 0.870 bits per heavy atom. The predicted octanol–water partition coefficient (Wildman–Crippen LogP) is 7.74. The molecule has 4 aromatic rings. The van der Waals surface area contributed by atoms with E-state index in [1.54, 1.807) is 104 Å². The summed E-state index contributed by atoms with van der Waals surface area (Å²) in [6.07, 6.45) is -0.182. The number of nitrogens with zero attached hydrogens (tertiary/aromatic N) is 1. The van der Waals surface area contributed by atoms with E-state index in [1.807, 2.05) is 0 Å². The van der Waals surface area contributed by atoms with Gasteiger partial charge < -0.3 is 19.3 Å². The van der Waals surface area contributed by atoms with Crippen molar-refractivity contribution in [3.8, 4) is 17.6 Å². The predicted molar refractivity (Wildman–Crippen MR) is 175 cm³/mol. The van der Waals surface area contributed by atoms with Gasteiger partial charge >= 0.3 is 5.97 Å². The number of nitriles is 1. The molecule has 1 N–H and O–H groups in total. The van der Waals surface area contributed by atoms with Crippen LogP contribution in [0.4, 0.5) is 0 Å². The third kappa shape index (κ3) is 5.85. The number of methoxy groups -OCH3 is 2. The normalized spacial score (nSPS) is 24.0. The maximum absolute atomic E-state index is 14.9. The number of carbonyl (C=O) groups excluding carboxylic acids is 2. The number of Topliss-reactive ketones (excluding diaryl/α,β-unsaturated/α-hetero) is 1. The lowest BCUT2D eigenvalue weighted by Crippen LogP contribution is -2.59. The Kier molecular flexibility index (Phi) is 9.74. The number of rotatable bonds is 9. The summed E-state index contributed by atoms with van der Waals surface area (Å²) in [5.74, 6) is -3.86. The lowest BCUT2D eigenvalue weighted by Gasteiger charge is -2.54. The van der Waals surface area contributed by atoms with Crippen LogP contribution in [0.2, 0.25) is 10.0 Å². The second-order valence-corrected chi connectivity index (χ2v) is 12.1. The van der Waals surface area contributed by atoms with Gasteiger partial charge in [-0.2, -0.15) is 5.26 Å². The number of ketones is 1. The van der Waals surface area contributed by atoms with Gasteiger partial charge in [-0.15, -0.1) is 0 Å². The Morgan fingerprint density at radius 2 is 1.41 bits per heavy atom. The molecule has 0 saturated heterocycles. The van der Waals surface area contributed by atoms with E-state index in [0.717, 1.165) is 0 Å². The number of ether oxygens (including phenoxy) is 3. The summed E-state index contributed by atoms with van der Waals surface area (Å²) in [6.45, 7) is 1.66. The zero-order valence-corrected chi connectivity index (χ0v) is 27.1. The molecule has 1 aliphatic rings. The first-order valence-corrected chi connectivity index (χ1v) is 15.5. The highest BCUT2D eigenvalue weighted by Crippen LogP contribution is 2.64. The van der Waals surface area contributed by atoms with Gasteiger partial charge in [-0.25, -0.2) is 0 Å². The molecule has 7 nitrogen and oxygen atoms in total. The second kappa shape index (κ2) is 13.6. The molecule has 4 aromatic carbocycles. The fourth-order valence-corrected chi connectivity index (χ4v) is 7.05. The van der Waals surface area contributed by atoms with Crippen LogP contribution in [0.25, 0.3) is 0 Å². The number of hydrogen-bond acceptors (Lipinski definition) is 7. The SMILES string of the molecule is CCOC(=O)[C@]1(C#N)[C@H](c2cccc(OC)c2)C[C@](O)(c2ccc(Cl)cc2)[C@H](C(=O)c2ccc(Cl)cc2)[C@@H]1c1cccc(OC)c1. The monoisotopic (exact) mass is 657 g/mol. The third-order valence-electron chi connectivity index (χ3n) is 8.91. The van der Waals surface area contributed by atoms with Crippen LogP contribution in [0, 0.1) is 22.7 Å². The van der Waals surface area contributed by atoms with Gasteiger partial charge in [0, 0.05) is 27.4 Å². The molecular weight excluding hydrogens is 625 g/mol. The zero-order valence-electron chi connectivity index (χ0n) is 25.6. The Hall–Kier alpha value is -4.35. The molecule has 0 amide bonds. The Morgan fingerprint density at radius 3 is 1.96 bits per heavy atom. The first-order chi connectivity index (χ1) is 22.1. The molecule has 1 fully saturated rings. The van der Waals surface area contributed by atoms with Gasteiger partial charge in [0.15, 0.2) is 11.2 Å². The molecular formula is C37H33Cl2NO6. The number of carbonyl (C=O) groups is 2.